The van der Waals surface area contributed by atoms with Gasteiger partial charge < -0.3 is 9.47 Å². The van der Waals surface area contributed by atoms with Crippen LogP contribution >= 0.6 is 11.3 Å². The summed E-state index contributed by atoms with van der Waals surface area (Å²) in [6, 6.07) is 29.7. The van der Waals surface area contributed by atoms with Crippen LogP contribution in [-0.4, -0.2) is 13.2 Å². The molecule has 3 heteroatoms. The van der Waals surface area contributed by atoms with Crippen LogP contribution in [0, 0.1) is 0 Å². The van der Waals surface area contributed by atoms with E-state index in [1.807, 2.05) is 5.38 Å². The summed E-state index contributed by atoms with van der Waals surface area (Å²) in [5.74, 6) is 1.73. The molecule has 1 aromatic heterocycles. The SMILES string of the molecule is C(=C(c1ccccc1)c1ccccc1)c1ccc(-c2scc3c2OCCO3)cc1. The summed E-state index contributed by atoms with van der Waals surface area (Å²) in [5, 5.41) is 2.03. The minimum Gasteiger partial charge on any atom is -0.485 e. The molecule has 5 rings (SSSR count). The Morgan fingerprint density at radius 1 is 0.724 bits per heavy atom. The summed E-state index contributed by atoms with van der Waals surface area (Å²) in [6.07, 6.45) is 2.25. The number of hydrogen-bond donors (Lipinski definition) is 0. The van der Waals surface area contributed by atoms with Crippen LogP contribution in [0.1, 0.15) is 16.7 Å². The van der Waals surface area contributed by atoms with Crippen LogP contribution < -0.4 is 9.47 Å². The predicted octanol–water partition coefficient (Wildman–Crippen LogP) is 6.78. The van der Waals surface area contributed by atoms with Crippen molar-refractivity contribution < 1.29 is 9.47 Å². The van der Waals surface area contributed by atoms with Gasteiger partial charge in [0.15, 0.2) is 11.5 Å². The second kappa shape index (κ2) is 7.98. The zero-order valence-electron chi connectivity index (χ0n) is 15.9. The van der Waals surface area contributed by atoms with E-state index in [9.17, 15) is 0 Å². The van der Waals surface area contributed by atoms with Gasteiger partial charge in [-0.1, -0.05) is 84.9 Å². The van der Waals surface area contributed by atoms with Gasteiger partial charge in [0.25, 0.3) is 0 Å². The van der Waals surface area contributed by atoms with Gasteiger partial charge in [-0.25, -0.2) is 0 Å². The molecule has 142 valence electrons. The van der Waals surface area contributed by atoms with Gasteiger partial charge in [0, 0.05) is 5.38 Å². The summed E-state index contributed by atoms with van der Waals surface area (Å²) in [6.45, 7) is 1.23. The Balaban J connectivity index is 1.51. The minimum absolute atomic E-state index is 0.606. The summed E-state index contributed by atoms with van der Waals surface area (Å²) >= 11 is 1.67. The smallest absolute Gasteiger partial charge is 0.179 e. The molecule has 0 atom stereocenters. The maximum Gasteiger partial charge on any atom is 0.179 e. The van der Waals surface area contributed by atoms with Crippen molar-refractivity contribution in [2.45, 2.75) is 0 Å². The van der Waals surface area contributed by atoms with Crippen molar-refractivity contribution in [2.75, 3.05) is 13.2 Å². The lowest BCUT2D eigenvalue weighted by Crippen LogP contribution is -2.14. The van der Waals surface area contributed by atoms with Crippen LogP contribution in [0.3, 0.4) is 0 Å². The average molecular weight is 397 g/mol. The van der Waals surface area contributed by atoms with E-state index in [4.69, 9.17) is 9.47 Å². The molecular formula is C26H20O2S. The van der Waals surface area contributed by atoms with Crippen LogP contribution in [-0.2, 0) is 0 Å². The number of thiophene rings is 1. The Morgan fingerprint density at radius 3 is 2.00 bits per heavy atom. The van der Waals surface area contributed by atoms with Crippen LogP contribution in [0.4, 0.5) is 0 Å². The van der Waals surface area contributed by atoms with Crippen LogP contribution in [0.25, 0.3) is 22.1 Å². The molecule has 3 aromatic carbocycles. The Morgan fingerprint density at radius 2 is 1.34 bits per heavy atom. The molecule has 0 fully saturated rings. The molecule has 0 amide bonds. The highest BCUT2D eigenvalue weighted by Gasteiger charge is 2.19. The Bertz CT molecular complexity index is 1090. The van der Waals surface area contributed by atoms with Crippen molar-refractivity contribution in [2.24, 2.45) is 0 Å². The van der Waals surface area contributed by atoms with E-state index < -0.39 is 0 Å². The van der Waals surface area contributed by atoms with Crippen LogP contribution in [0.2, 0.25) is 0 Å². The molecule has 0 N–H and O–H groups in total. The summed E-state index contributed by atoms with van der Waals surface area (Å²) in [7, 11) is 0. The van der Waals surface area contributed by atoms with Gasteiger partial charge in [-0.2, -0.15) is 0 Å². The maximum atomic E-state index is 5.83. The van der Waals surface area contributed by atoms with Crippen molar-refractivity contribution in [3.8, 4) is 21.9 Å². The van der Waals surface area contributed by atoms with E-state index in [0.29, 0.717) is 13.2 Å². The molecule has 0 spiro atoms. The van der Waals surface area contributed by atoms with Gasteiger partial charge in [0.1, 0.15) is 13.2 Å². The van der Waals surface area contributed by atoms with Gasteiger partial charge in [0.05, 0.1) is 4.88 Å². The molecule has 0 aliphatic carbocycles. The molecule has 2 heterocycles. The first-order valence-corrected chi connectivity index (χ1v) is 10.6. The van der Waals surface area contributed by atoms with E-state index in [1.165, 1.54) is 22.3 Å². The highest BCUT2D eigenvalue weighted by atomic mass is 32.1. The van der Waals surface area contributed by atoms with E-state index >= 15 is 0 Å². The first-order chi connectivity index (χ1) is 14.4. The molecule has 2 nitrogen and oxygen atoms in total. The monoisotopic (exact) mass is 396 g/mol. The first-order valence-electron chi connectivity index (χ1n) is 9.68. The summed E-state index contributed by atoms with van der Waals surface area (Å²) in [5.41, 5.74) is 5.95. The number of rotatable bonds is 4. The maximum absolute atomic E-state index is 5.83. The molecule has 4 aromatic rings. The zero-order chi connectivity index (χ0) is 19.5. The third-order valence-corrected chi connectivity index (χ3v) is 5.94. The largest absolute Gasteiger partial charge is 0.485 e. The van der Waals surface area contributed by atoms with Crippen molar-refractivity contribution >= 4 is 23.0 Å². The molecule has 0 radical (unpaired) electrons. The van der Waals surface area contributed by atoms with Gasteiger partial charge >= 0.3 is 0 Å². The fraction of sp³-hybridized carbons (Fsp3) is 0.0769. The molecule has 29 heavy (non-hydrogen) atoms. The fourth-order valence-corrected chi connectivity index (χ4v) is 4.47. The standard InChI is InChI=1S/C26H20O2S/c1-3-7-20(8-4-1)23(21-9-5-2-6-10-21)17-19-11-13-22(14-12-19)26-25-24(18-29-26)27-15-16-28-25/h1-14,17-18H,15-16H2. The quantitative estimate of drug-likeness (QED) is 0.354. The van der Waals surface area contributed by atoms with Gasteiger partial charge in [-0.3, -0.25) is 0 Å². The lowest BCUT2D eigenvalue weighted by molar-refractivity contribution is 0.174. The Kier molecular flexibility index (Phi) is 4.89. The molecule has 1 aliphatic heterocycles. The number of ether oxygens (including phenoxy) is 2. The zero-order valence-corrected chi connectivity index (χ0v) is 16.7. The lowest BCUT2D eigenvalue weighted by Gasteiger charge is -2.16. The number of hydrogen-bond acceptors (Lipinski definition) is 3. The topological polar surface area (TPSA) is 18.5 Å². The molecule has 0 unspecified atom stereocenters. The Hall–Kier alpha value is -3.30. The number of fused-ring (bicyclic) bond motifs is 1. The van der Waals surface area contributed by atoms with Crippen molar-refractivity contribution in [1.82, 2.24) is 0 Å². The van der Waals surface area contributed by atoms with Crippen molar-refractivity contribution in [3.05, 3.63) is 107 Å². The van der Waals surface area contributed by atoms with E-state index in [1.54, 1.807) is 11.3 Å². The fourth-order valence-electron chi connectivity index (χ4n) is 3.53. The van der Waals surface area contributed by atoms with E-state index in [0.717, 1.165) is 21.9 Å². The molecule has 0 saturated carbocycles. The molecule has 0 bridgehead atoms. The Labute approximate surface area is 174 Å². The summed E-state index contributed by atoms with van der Waals surface area (Å²) < 4.78 is 11.5. The van der Waals surface area contributed by atoms with Crippen LogP contribution in [0.15, 0.2) is 90.3 Å². The van der Waals surface area contributed by atoms with Crippen molar-refractivity contribution in [3.63, 3.8) is 0 Å². The van der Waals surface area contributed by atoms with Crippen LogP contribution in [0.5, 0.6) is 11.5 Å². The van der Waals surface area contributed by atoms with Crippen molar-refractivity contribution in [1.29, 1.82) is 0 Å². The number of benzene rings is 3. The normalized spacial score (nSPS) is 12.4. The highest BCUT2D eigenvalue weighted by Crippen LogP contribution is 2.45. The van der Waals surface area contributed by atoms with E-state index in [-0.39, 0.29) is 0 Å². The average Bonchev–Trinajstić information content (AvgIpc) is 3.23. The third kappa shape index (κ3) is 3.69. The summed E-state index contributed by atoms with van der Waals surface area (Å²) in [4.78, 5) is 1.13. The van der Waals surface area contributed by atoms with Gasteiger partial charge in [-0.15, -0.1) is 11.3 Å². The van der Waals surface area contributed by atoms with E-state index in [2.05, 4.69) is 91.0 Å². The molecular weight excluding hydrogens is 376 g/mol. The van der Waals surface area contributed by atoms with Gasteiger partial charge in [0.2, 0.25) is 0 Å². The predicted molar refractivity (Wildman–Crippen MR) is 121 cm³/mol. The second-order valence-corrected chi connectivity index (χ2v) is 7.75. The third-order valence-electron chi connectivity index (χ3n) is 4.95. The minimum atomic E-state index is 0.606. The highest BCUT2D eigenvalue weighted by molar-refractivity contribution is 7.14. The lowest BCUT2D eigenvalue weighted by atomic mass is 9.95. The molecule has 1 aliphatic rings. The van der Waals surface area contributed by atoms with Gasteiger partial charge in [-0.05, 0) is 33.9 Å². The molecule has 0 saturated heterocycles. The first kappa shape index (κ1) is 17.8. The second-order valence-electron chi connectivity index (χ2n) is 6.87.